The van der Waals surface area contributed by atoms with Gasteiger partial charge in [0.15, 0.2) is 5.16 Å². The van der Waals surface area contributed by atoms with Crippen LogP contribution in [0, 0.1) is 0 Å². The standard InChI is InChI=1S/C17H16ClN3O4S2/c1-25-13-3-2-10(8-11(13)18)19-14(23)9-27-17-20-12-4-7-26-15(12)16(24)21(17)5-6-22/h2-4,7-8,22H,5-6,9H2,1H3,(H,19,23). The number of aromatic nitrogens is 2. The van der Waals surface area contributed by atoms with E-state index in [1.165, 1.54) is 23.0 Å². The van der Waals surface area contributed by atoms with Crippen molar-refractivity contribution in [1.29, 1.82) is 0 Å². The lowest BCUT2D eigenvalue weighted by Crippen LogP contribution is -2.25. The number of nitrogens with one attached hydrogen (secondary N) is 1. The molecule has 0 atom stereocenters. The third-order valence-corrected chi connectivity index (χ3v) is 5.79. The Morgan fingerprint density at radius 1 is 1.44 bits per heavy atom. The predicted molar refractivity (Wildman–Crippen MR) is 108 cm³/mol. The number of fused-ring (bicyclic) bond motifs is 1. The van der Waals surface area contributed by atoms with Crippen LogP contribution in [0.1, 0.15) is 0 Å². The van der Waals surface area contributed by atoms with Crippen molar-refractivity contribution in [2.45, 2.75) is 11.7 Å². The van der Waals surface area contributed by atoms with E-state index in [4.69, 9.17) is 16.3 Å². The average molecular weight is 426 g/mol. The monoisotopic (exact) mass is 425 g/mol. The molecule has 0 fully saturated rings. The number of rotatable bonds is 7. The van der Waals surface area contributed by atoms with Gasteiger partial charge in [-0.1, -0.05) is 23.4 Å². The van der Waals surface area contributed by atoms with E-state index in [2.05, 4.69) is 10.3 Å². The number of thioether (sulfide) groups is 1. The number of carbonyl (C=O) groups is 1. The molecule has 142 valence electrons. The lowest BCUT2D eigenvalue weighted by atomic mass is 10.3. The fourth-order valence-corrected chi connectivity index (χ4v) is 4.26. The summed E-state index contributed by atoms with van der Waals surface area (Å²) in [6.07, 6.45) is 0. The Labute approximate surface area is 167 Å². The Hall–Kier alpha value is -2.07. The molecule has 3 aromatic rings. The van der Waals surface area contributed by atoms with E-state index < -0.39 is 0 Å². The fourth-order valence-electron chi connectivity index (χ4n) is 2.40. The fraction of sp³-hybridized carbons (Fsp3) is 0.235. The van der Waals surface area contributed by atoms with E-state index in [-0.39, 0.29) is 30.4 Å². The second-order valence-electron chi connectivity index (χ2n) is 5.40. The molecule has 0 aliphatic rings. The molecule has 2 heterocycles. The highest BCUT2D eigenvalue weighted by atomic mass is 35.5. The first kappa shape index (κ1) is 19.7. The highest BCUT2D eigenvalue weighted by Crippen LogP contribution is 2.27. The van der Waals surface area contributed by atoms with Crippen molar-refractivity contribution in [3.8, 4) is 5.75 Å². The third-order valence-electron chi connectivity index (χ3n) is 3.62. The number of hydrogen-bond acceptors (Lipinski definition) is 7. The van der Waals surface area contributed by atoms with Crippen molar-refractivity contribution in [1.82, 2.24) is 9.55 Å². The van der Waals surface area contributed by atoms with Gasteiger partial charge in [-0.15, -0.1) is 11.3 Å². The Kier molecular flexibility index (Phi) is 6.38. The van der Waals surface area contributed by atoms with E-state index in [9.17, 15) is 14.7 Å². The van der Waals surface area contributed by atoms with E-state index >= 15 is 0 Å². The maximum absolute atomic E-state index is 12.5. The minimum Gasteiger partial charge on any atom is -0.495 e. The molecule has 2 N–H and O–H groups in total. The molecule has 1 amide bonds. The lowest BCUT2D eigenvalue weighted by molar-refractivity contribution is -0.113. The molecular formula is C17H16ClN3O4S2. The first-order valence-electron chi connectivity index (χ1n) is 7.88. The van der Waals surface area contributed by atoms with Gasteiger partial charge in [-0.2, -0.15) is 0 Å². The molecule has 7 nitrogen and oxygen atoms in total. The molecule has 1 aromatic carbocycles. The van der Waals surface area contributed by atoms with Gasteiger partial charge in [0, 0.05) is 5.69 Å². The van der Waals surface area contributed by atoms with Crippen molar-refractivity contribution >= 4 is 56.5 Å². The van der Waals surface area contributed by atoms with Crippen LogP contribution >= 0.6 is 34.7 Å². The summed E-state index contributed by atoms with van der Waals surface area (Å²) in [5.74, 6) is 0.304. The largest absolute Gasteiger partial charge is 0.495 e. The second kappa shape index (κ2) is 8.75. The number of aliphatic hydroxyl groups excluding tert-OH is 1. The number of hydrogen-bond donors (Lipinski definition) is 2. The molecule has 0 spiro atoms. The average Bonchev–Trinajstić information content (AvgIpc) is 3.11. The summed E-state index contributed by atoms with van der Waals surface area (Å²) < 4.78 is 7.00. The maximum atomic E-state index is 12.5. The molecule has 27 heavy (non-hydrogen) atoms. The van der Waals surface area contributed by atoms with Crippen LogP contribution in [0.15, 0.2) is 39.6 Å². The SMILES string of the molecule is COc1ccc(NC(=O)CSc2nc3ccsc3c(=O)n2CCO)cc1Cl. The van der Waals surface area contributed by atoms with E-state index in [0.717, 1.165) is 11.8 Å². The number of thiophene rings is 1. The Morgan fingerprint density at radius 2 is 2.26 bits per heavy atom. The maximum Gasteiger partial charge on any atom is 0.272 e. The van der Waals surface area contributed by atoms with Crippen molar-refractivity contribution in [2.24, 2.45) is 0 Å². The Morgan fingerprint density at radius 3 is 2.96 bits per heavy atom. The summed E-state index contributed by atoms with van der Waals surface area (Å²) in [6, 6.07) is 6.70. The molecule has 2 aromatic heterocycles. The quantitative estimate of drug-likeness (QED) is 0.446. The predicted octanol–water partition coefficient (Wildman–Crippen LogP) is 2.84. The van der Waals surface area contributed by atoms with Crippen LogP contribution in [0.3, 0.4) is 0 Å². The number of benzene rings is 1. The van der Waals surface area contributed by atoms with Gasteiger partial charge in [0.25, 0.3) is 5.56 Å². The summed E-state index contributed by atoms with van der Waals surface area (Å²) in [7, 11) is 1.51. The third kappa shape index (κ3) is 4.44. The molecule has 0 unspecified atom stereocenters. The van der Waals surface area contributed by atoms with Crippen molar-refractivity contribution in [2.75, 3.05) is 24.8 Å². The van der Waals surface area contributed by atoms with Gasteiger partial charge in [-0.25, -0.2) is 4.98 Å². The molecule has 10 heteroatoms. The summed E-state index contributed by atoms with van der Waals surface area (Å²) in [6.45, 7) is -0.0692. The van der Waals surface area contributed by atoms with E-state index in [1.807, 2.05) is 0 Å². The zero-order valence-corrected chi connectivity index (χ0v) is 16.7. The van der Waals surface area contributed by atoms with Crippen molar-refractivity contribution in [3.05, 3.63) is 45.0 Å². The van der Waals surface area contributed by atoms with Crippen LogP contribution in [0.25, 0.3) is 10.2 Å². The minimum absolute atomic E-state index is 0.0527. The normalized spacial score (nSPS) is 10.9. The molecule has 0 aliphatic heterocycles. The number of halogens is 1. The number of nitrogens with zero attached hydrogens (tertiary/aromatic N) is 2. The first-order valence-corrected chi connectivity index (χ1v) is 10.1. The molecule has 0 radical (unpaired) electrons. The van der Waals surface area contributed by atoms with Gasteiger partial charge in [0.05, 0.1) is 36.6 Å². The van der Waals surface area contributed by atoms with E-state index in [0.29, 0.717) is 31.8 Å². The van der Waals surface area contributed by atoms with Gasteiger partial charge in [-0.3, -0.25) is 14.2 Å². The summed E-state index contributed by atoms with van der Waals surface area (Å²) >= 11 is 8.49. The van der Waals surface area contributed by atoms with E-state index in [1.54, 1.807) is 29.6 Å². The van der Waals surface area contributed by atoms with Crippen LogP contribution in [0.4, 0.5) is 5.69 Å². The number of amides is 1. The minimum atomic E-state index is -0.267. The van der Waals surface area contributed by atoms with Gasteiger partial charge in [-0.05, 0) is 29.6 Å². The molecule has 0 saturated heterocycles. The van der Waals surface area contributed by atoms with Gasteiger partial charge < -0.3 is 15.2 Å². The molecule has 3 rings (SSSR count). The molecule has 0 saturated carbocycles. The smallest absolute Gasteiger partial charge is 0.272 e. The molecule has 0 bridgehead atoms. The second-order valence-corrected chi connectivity index (χ2v) is 7.66. The van der Waals surface area contributed by atoms with Gasteiger partial charge in [0.2, 0.25) is 5.91 Å². The number of aliphatic hydroxyl groups is 1. The van der Waals surface area contributed by atoms with Crippen molar-refractivity contribution in [3.63, 3.8) is 0 Å². The highest BCUT2D eigenvalue weighted by molar-refractivity contribution is 7.99. The van der Waals surface area contributed by atoms with Gasteiger partial charge in [0.1, 0.15) is 10.4 Å². The number of carbonyl (C=O) groups excluding carboxylic acids is 1. The zero-order valence-electron chi connectivity index (χ0n) is 14.3. The summed E-state index contributed by atoms with van der Waals surface area (Å²) in [5.41, 5.74) is 0.915. The molecule has 0 aliphatic carbocycles. The lowest BCUT2D eigenvalue weighted by Gasteiger charge is -2.11. The van der Waals surface area contributed by atoms with Crippen molar-refractivity contribution < 1.29 is 14.6 Å². The zero-order chi connectivity index (χ0) is 19.4. The van der Waals surface area contributed by atoms with Crippen LogP contribution in [-0.2, 0) is 11.3 Å². The topological polar surface area (TPSA) is 93.5 Å². The summed E-state index contributed by atoms with van der Waals surface area (Å²) in [5, 5.41) is 14.6. The van der Waals surface area contributed by atoms with Crippen LogP contribution in [0.5, 0.6) is 5.75 Å². The molecular weight excluding hydrogens is 410 g/mol. The van der Waals surface area contributed by atoms with Gasteiger partial charge >= 0.3 is 0 Å². The first-order chi connectivity index (χ1) is 13.0. The van der Waals surface area contributed by atoms with Crippen LogP contribution in [-0.4, -0.2) is 40.0 Å². The Balaban J connectivity index is 1.74. The number of anilines is 1. The highest BCUT2D eigenvalue weighted by Gasteiger charge is 2.14. The number of ether oxygens (including phenoxy) is 1. The summed E-state index contributed by atoms with van der Waals surface area (Å²) in [4.78, 5) is 29.2. The van der Waals surface area contributed by atoms with Crippen LogP contribution in [0.2, 0.25) is 5.02 Å². The Bertz CT molecular complexity index is 1030. The van der Waals surface area contributed by atoms with Crippen LogP contribution < -0.4 is 15.6 Å². The number of methoxy groups -OCH3 is 1.